The maximum absolute atomic E-state index is 5.71. The molecule has 1 heterocycles. The Bertz CT molecular complexity index is 439. The molecule has 1 N–H and O–H groups in total. The second-order valence-electron chi connectivity index (χ2n) is 7.23. The van der Waals surface area contributed by atoms with Crippen LogP contribution in [0.15, 0.2) is 24.3 Å². The van der Waals surface area contributed by atoms with Crippen molar-refractivity contribution >= 4 is 0 Å². The fourth-order valence-corrected chi connectivity index (χ4v) is 3.05. The Morgan fingerprint density at radius 1 is 1.24 bits per heavy atom. The summed E-state index contributed by atoms with van der Waals surface area (Å²) >= 11 is 0. The molecule has 1 unspecified atom stereocenters. The predicted molar refractivity (Wildman–Crippen MR) is 88.8 cm³/mol. The van der Waals surface area contributed by atoms with E-state index in [1.165, 1.54) is 25.1 Å². The van der Waals surface area contributed by atoms with Crippen molar-refractivity contribution in [3.63, 3.8) is 0 Å². The van der Waals surface area contributed by atoms with Gasteiger partial charge < -0.3 is 15.0 Å². The summed E-state index contributed by atoms with van der Waals surface area (Å²) in [4.78, 5) is 2.57. The Balaban J connectivity index is 1.97. The summed E-state index contributed by atoms with van der Waals surface area (Å²) in [6.07, 6.45) is 1.52. The lowest BCUT2D eigenvalue weighted by Gasteiger charge is -2.25. The van der Waals surface area contributed by atoms with E-state index < -0.39 is 0 Å². The zero-order valence-corrected chi connectivity index (χ0v) is 14.1. The lowest BCUT2D eigenvalue weighted by molar-refractivity contribution is 0.242. The van der Waals surface area contributed by atoms with E-state index in [4.69, 9.17) is 4.74 Å². The van der Waals surface area contributed by atoms with Crippen molar-refractivity contribution in [2.75, 3.05) is 26.7 Å². The zero-order valence-electron chi connectivity index (χ0n) is 14.1. The number of benzene rings is 1. The molecule has 118 valence electrons. The van der Waals surface area contributed by atoms with Gasteiger partial charge in [-0.05, 0) is 57.0 Å². The Labute approximate surface area is 129 Å². The van der Waals surface area contributed by atoms with Crippen molar-refractivity contribution < 1.29 is 4.74 Å². The van der Waals surface area contributed by atoms with Gasteiger partial charge in [0.15, 0.2) is 0 Å². The fraction of sp³-hybridized carbons (Fsp3) is 0.667. The quantitative estimate of drug-likeness (QED) is 0.868. The highest BCUT2D eigenvalue weighted by Crippen LogP contribution is 2.30. The highest BCUT2D eigenvalue weighted by atomic mass is 16.5. The third kappa shape index (κ3) is 4.72. The smallest absolute Gasteiger partial charge is 0.119 e. The number of likely N-dealkylation sites (N-methyl/N-ethyl adjacent to an activating group) is 1. The third-order valence-electron chi connectivity index (χ3n) is 4.20. The molecule has 0 radical (unpaired) electrons. The van der Waals surface area contributed by atoms with E-state index in [1.807, 2.05) is 7.05 Å². The van der Waals surface area contributed by atoms with Gasteiger partial charge >= 0.3 is 0 Å². The molecule has 2 rings (SSSR count). The molecule has 1 fully saturated rings. The first-order valence-electron chi connectivity index (χ1n) is 8.06. The van der Waals surface area contributed by atoms with Crippen LogP contribution in [0.25, 0.3) is 0 Å². The summed E-state index contributed by atoms with van der Waals surface area (Å²) in [5, 5.41) is 3.45. The summed E-state index contributed by atoms with van der Waals surface area (Å²) in [5.74, 6) is 0.950. The molecule has 0 saturated carbocycles. The van der Waals surface area contributed by atoms with Crippen molar-refractivity contribution in [2.45, 2.75) is 46.3 Å². The molecule has 21 heavy (non-hydrogen) atoms. The lowest BCUT2D eigenvalue weighted by Crippen LogP contribution is -2.33. The van der Waals surface area contributed by atoms with Gasteiger partial charge in [-0.15, -0.1) is 0 Å². The second-order valence-corrected chi connectivity index (χ2v) is 7.23. The maximum atomic E-state index is 5.71. The van der Waals surface area contributed by atoms with Crippen LogP contribution in [-0.4, -0.2) is 37.7 Å². The fourth-order valence-electron chi connectivity index (χ4n) is 3.05. The number of hydrogen-bond acceptors (Lipinski definition) is 3. The summed E-state index contributed by atoms with van der Waals surface area (Å²) in [7, 11) is 2.05. The van der Waals surface area contributed by atoms with Gasteiger partial charge in [0.05, 0.1) is 6.10 Å². The summed E-state index contributed by atoms with van der Waals surface area (Å²) in [6.45, 7) is 12.3. The van der Waals surface area contributed by atoms with Crippen LogP contribution in [0.5, 0.6) is 5.75 Å². The number of nitrogens with one attached hydrogen (secondary N) is 1. The van der Waals surface area contributed by atoms with Gasteiger partial charge in [-0.25, -0.2) is 0 Å². The van der Waals surface area contributed by atoms with E-state index in [0.29, 0.717) is 11.5 Å². The topological polar surface area (TPSA) is 24.5 Å². The van der Waals surface area contributed by atoms with Gasteiger partial charge in [0, 0.05) is 19.1 Å². The number of hydrogen-bond donors (Lipinski definition) is 1. The van der Waals surface area contributed by atoms with Crippen LogP contribution in [0, 0.1) is 5.41 Å². The zero-order chi connectivity index (χ0) is 15.5. The molecule has 3 heteroatoms. The molecule has 3 nitrogen and oxygen atoms in total. The third-order valence-corrected chi connectivity index (χ3v) is 4.20. The highest BCUT2D eigenvalue weighted by Gasteiger charge is 2.30. The average Bonchev–Trinajstić information content (AvgIpc) is 2.76. The molecule has 1 aliphatic heterocycles. The minimum Gasteiger partial charge on any atom is -0.491 e. The number of rotatable bonds is 6. The van der Waals surface area contributed by atoms with E-state index in [0.717, 1.165) is 12.3 Å². The number of nitrogens with zero attached hydrogens (tertiary/aromatic N) is 1. The first kappa shape index (κ1) is 16.3. The van der Waals surface area contributed by atoms with E-state index in [2.05, 4.69) is 62.2 Å². The largest absolute Gasteiger partial charge is 0.491 e. The summed E-state index contributed by atoms with van der Waals surface area (Å²) < 4.78 is 5.71. The van der Waals surface area contributed by atoms with E-state index >= 15 is 0 Å². The molecule has 0 spiro atoms. The predicted octanol–water partition coefficient (Wildman–Crippen LogP) is 3.47. The monoisotopic (exact) mass is 290 g/mol. The van der Waals surface area contributed by atoms with Crippen molar-refractivity contribution in [1.29, 1.82) is 0 Å². The normalized spacial score (nSPS) is 19.9. The standard InChI is InChI=1S/C18H30N2O/c1-14(2)21-16-8-6-15(7-9-16)17(19-5)12-20-11-10-18(3,4)13-20/h6-9,14,17,19H,10-13H2,1-5H3. The Kier molecular flexibility index (Phi) is 5.28. The van der Waals surface area contributed by atoms with E-state index in [9.17, 15) is 0 Å². The van der Waals surface area contributed by atoms with Crippen LogP contribution in [0.1, 0.15) is 45.7 Å². The van der Waals surface area contributed by atoms with Crippen molar-refractivity contribution in [3.8, 4) is 5.75 Å². The minimum absolute atomic E-state index is 0.225. The van der Waals surface area contributed by atoms with Gasteiger partial charge in [-0.1, -0.05) is 26.0 Å². The van der Waals surface area contributed by atoms with Crippen molar-refractivity contribution in [1.82, 2.24) is 10.2 Å². The average molecular weight is 290 g/mol. The van der Waals surface area contributed by atoms with E-state index in [-0.39, 0.29) is 6.10 Å². The number of ether oxygens (including phenoxy) is 1. The molecule has 1 aromatic carbocycles. The van der Waals surface area contributed by atoms with Gasteiger partial charge in [0.25, 0.3) is 0 Å². The first-order chi connectivity index (χ1) is 9.89. The molecular weight excluding hydrogens is 260 g/mol. The minimum atomic E-state index is 0.225. The molecule has 1 aromatic rings. The molecule has 1 aliphatic rings. The first-order valence-corrected chi connectivity index (χ1v) is 8.06. The van der Waals surface area contributed by atoms with Gasteiger partial charge in [-0.2, -0.15) is 0 Å². The molecular formula is C18H30N2O. The Morgan fingerprint density at radius 2 is 1.90 bits per heavy atom. The summed E-state index contributed by atoms with van der Waals surface area (Å²) in [5.41, 5.74) is 1.80. The van der Waals surface area contributed by atoms with Gasteiger partial charge in [0.2, 0.25) is 0 Å². The molecule has 0 aliphatic carbocycles. The van der Waals surface area contributed by atoms with Crippen LogP contribution in [0.4, 0.5) is 0 Å². The Morgan fingerprint density at radius 3 is 2.38 bits per heavy atom. The SMILES string of the molecule is CNC(CN1CCC(C)(C)C1)c1ccc(OC(C)C)cc1. The highest BCUT2D eigenvalue weighted by molar-refractivity contribution is 5.29. The van der Waals surface area contributed by atoms with Crippen molar-refractivity contribution in [2.24, 2.45) is 5.41 Å². The van der Waals surface area contributed by atoms with Gasteiger partial charge in [-0.3, -0.25) is 0 Å². The second kappa shape index (κ2) is 6.80. The molecule has 0 bridgehead atoms. The summed E-state index contributed by atoms with van der Waals surface area (Å²) in [6, 6.07) is 8.90. The van der Waals surface area contributed by atoms with Crippen LogP contribution in [0.3, 0.4) is 0 Å². The van der Waals surface area contributed by atoms with Crippen LogP contribution in [0.2, 0.25) is 0 Å². The molecule has 0 aromatic heterocycles. The lowest BCUT2D eigenvalue weighted by atomic mass is 9.93. The maximum Gasteiger partial charge on any atom is 0.119 e. The number of likely N-dealkylation sites (tertiary alicyclic amines) is 1. The molecule has 1 atom stereocenters. The van der Waals surface area contributed by atoms with Crippen molar-refractivity contribution in [3.05, 3.63) is 29.8 Å². The van der Waals surface area contributed by atoms with Crippen LogP contribution < -0.4 is 10.1 Å². The molecule has 0 amide bonds. The Hall–Kier alpha value is -1.06. The van der Waals surface area contributed by atoms with Gasteiger partial charge in [0.1, 0.15) is 5.75 Å². The van der Waals surface area contributed by atoms with Crippen LogP contribution in [-0.2, 0) is 0 Å². The molecule has 1 saturated heterocycles. The van der Waals surface area contributed by atoms with Crippen LogP contribution >= 0.6 is 0 Å². The van der Waals surface area contributed by atoms with E-state index in [1.54, 1.807) is 0 Å².